The molecule has 2 aromatic carbocycles. The maximum atomic E-state index is 13.8. The Morgan fingerprint density at radius 1 is 1.03 bits per heavy atom. The molecule has 0 bridgehead atoms. The molecule has 1 amide bonds. The van der Waals surface area contributed by atoms with Gasteiger partial charge in [-0.05, 0) is 49.7 Å². The van der Waals surface area contributed by atoms with Crippen molar-refractivity contribution in [2.45, 2.75) is 30.2 Å². The summed E-state index contributed by atoms with van der Waals surface area (Å²) in [7, 11) is -4.01. The van der Waals surface area contributed by atoms with Crippen molar-refractivity contribution in [1.82, 2.24) is 9.80 Å². The molecule has 6 nitrogen and oxygen atoms in total. The Bertz CT molecular complexity index is 1010. The van der Waals surface area contributed by atoms with E-state index in [9.17, 15) is 17.6 Å². The van der Waals surface area contributed by atoms with Gasteiger partial charge in [0.25, 0.3) is 15.9 Å². The number of carbonyl (C=O) groups is 1. The maximum Gasteiger partial charge on any atom is 0.262 e. The minimum Gasteiger partial charge on any atom is -0.336 e. The van der Waals surface area contributed by atoms with Gasteiger partial charge in [-0.3, -0.25) is 14.4 Å². The Kier molecular flexibility index (Phi) is 5.56. The quantitative estimate of drug-likeness (QED) is 0.831. The van der Waals surface area contributed by atoms with Crippen LogP contribution in [-0.2, 0) is 10.0 Å². The molecule has 8 heteroatoms. The van der Waals surface area contributed by atoms with Crippen LogP contribution in [0, 0.1) is 5.82 Å². The molecular weight excluding hydrogens is 393 g/mol. The number of sulfonamides is 1. The number of hydrogen-bond acceptors (Lipinski definition) is 4. The summed E-state index contributed by atoms with van der Waals surface area (Å²) in [6.07, 6.45) is 3.47. The van der Waals surface area contributed by atoms with E-state index >= 15 is 0 Å². The number of piperazine rings is 1. The molecule has 1 atom stereocenters. The third-order valence-electron chi connectivity index (χ3n) is 5.63. The number of piperidine rings is 1. The fourth-order valence-corrected chi connectivity index (χ4v) is 5.18. The van der Waals surface area contributed by atoms with Crippen LogP contribution in [0.25, 0.3) is 0 Å². The number of para-hydroxylation sites is 1. The summed E-state index contributed by atoms with van der Waals surface area (Å²) in [5.74, 6) is -0.827. The van der Waals surface area contributed by atoms with Crippen molar-refractivity contribution in [2.75, 3.05) is 30.9 Å². The smallest absolute Gasteiger partial charge is 0.262 e. The van der Waals surface area contributed by atoms with E-state index in [1.54, 1.807) is 18.2 Å². The van der Waals surface area contributed by atoms with E-state index < -0.39 is 15.8 Å². The van der Waals surface area contributed by atoms with E-state index in [4.69, 9.17) is 0 Å². The number of nitrogens with zero attached hydrogens (tertiary/aromatic N) is 2. The Labute approximate surface area is 170 Å². The molecule has 2 saturated heterocycles. The first-order chi connectivity index (χ1) is 13.9. The van der Waals surface area contributed by atoms with Crippen molar-refractivity contribution in [3.8, 4) is 0 Å². The zero-order valence-corrected chi connectivity index (χ0v) is 16.9. The lowest BCUT2D eigenvalue weighted by molar-refractivity contribution is 0.0372. The van der Waals surface area contributed by atoms with E-state index in [1.807, 2.05) is 4.90 Å². The molecule has 1 N–H and O–H groups in total. The van der Waals surface area contributed by atoms with Crippen LogP contribution in [0.15, 0.2) is 53.4 Å². The number of fused-ring (bicyclic) bond motifs is 1. The zero-order valence-electron chi connectivity index (χ0n) is 16.1. The highest BCUT2D eigenvalue weighted by Crippen LogP contribution is 2.24. The molecule has 0 aliphatic carbocycles. The number of hydrogen-bond donors (Lipinski definition) is 1. The second-order valence-electron chi connectivity index (χ2n) is 7.55. The lowest BCUT2D eigenvalue weighted by atomic mass is 9.99. The fraction of sp³-hybridized carbons (Fsp3) is 0.381. The van der Waals surface area contributed by atoms with Crippen molar-refractivity contribution in [2.24, 2.45) is 0 Å². The van der Waals surface area contributed by atoms with Gasteiger partial charge in [0.2, 0.25) is 0 Å². The Morgan fingerprint density at radius 2 is 1.86 bits per heavy atom. The normalized spacial score (nSPS) is 20.2. The molecule has 0 saturated carbocycles. The van der Waals surface area contributed by atoms with Crippen LogP contribution < -0.4 is 4.72 Å². The predicted molar refractivity (Wildman–Crippen MR) is 109 cm³/mol. The first kappa shape index (κ1) is 19.8. The van der Waals surface area contributed by atoms with Crippen LogP contribution in [0.2, 0.25) is 0 Å². The van der Waals surface area contributed by atoms with Crippen LogP contribution in [0.3, 0.4) is 0 Å². The molecule has 29 heavy (non-hydrogen) atoms. The highest BCUT2D eigenvalue weighted by atomic mass is 32.2. The number of benzene rings is 2. The third-order valence-corrected chi connectivity index (χ3v) is 7.00. The van der Waals surface area contributed by atoms with E-state index in [-0.39, 0.29) is 16.5 Å². The number of anilines is 1. The van der Waals surface area contributed by atoms with Crippen LogP contribution in [0.1, 0.15) is 29.6 Å². The summed E-state index contributed by atoms with van der Waals surface area (Å²) in [6, 6.07) is 11.9. The molecule has 0 aromatic heterocycles. The summed E-state index contributed by atoms with van der Waals surface area (Å²) in [4.78, 5) is 17.2. The minimum atomic E-state index is -4.01. The Morgan fingerprint density at radius 3 is 2.69 bits per heavy atom. The van der Waals surface area contributed by atoms with Gasteiger partial charge >= 0.3 is 0 Å². The Balaban J connectivity index is 1.52. The van der Waals surface area contributed by atoms with Gasteiger partial charge in [0.05, 0.1) is 10.6 Å². The topological polar surface area (TPSA) is 69.7 Å². The number of halogens is 1. The molecule has 0 spiro atoms. The minimum absolute atomic E-state index is 0.0668. The molecule has 2 aliphatic rings. The number of nitrogens with one attached hydrogen (secondary N) is 1. The molecule has 2 fully saturated rings. The predicted octanol–water partition coefficient (Wildman–Crippen LogP) is 2.94. The summed E-state index contributed by atoms with van der Waals surface area (Å²) >= 11 is 0. The summed E-state index contributed by atoms with van der Waals surface area (Å²) in [6.45, 7) is 3.24. The van der Waals surface area contributed by atoms with Gasteiger partial charge in [-0.1, -0.05) is 24.6 Å². The van der Waals surface area contributed by atoms with Gasteiger partial charge in [0.15, 0.2) is 0 Å². The Hall–Kier alpha value is -2.45. The molecule has 2 aliphatic heterocycles. The molecule has 2 aromatic rings. The fourth-order valence-electron chi connectivity index (χ4n) is 4.07. The van der Waals surface area contributed by atoms with E-state index in [0.29, 0.717) is 24.7 Å². The van der Waals surface area contributed by atoms with E-state index in [1.165, 1.54) is 43.2 Å². The number of rotatable bonds is 4. The molecule has 2 heterocycles. The number of amides is 1. The van der Waals surface area contributed by atoms with Gasteiger partial charge in [-0.2, -0.15) is 0 Å². The zero-order chi connectivity index (χ0) is 20.4. The summed E-state index contributed by atoms with van der Waals surface area (Å²) in [5, 5.41) is 0. The maximum absolute atomic E-state index is 13.8. The first-order valence-electron chi connectivity index (χ1n) is 9.85. The van der Waals surface area contributed by atoms with Gasteiger partial charge in [0, 0.05) is 31.2 Å². The highest BCUT2D eigenvalue weighted by Gasteiger charge is 2.31. The highest BCUT2D eigenvalue weighted by molar-refractivity contribution is 7.92. The summed E-state index contributed by atoms with van der Waals surface area (Å²) in [5.41, 5.74) is 0.198. The molecule has 1 unspecified atom stereocenters. The molecular formula is C21H24FN3O3S. The van der Waals surface area contributed by atoms with Crippen LogP contribution >= 0.6 is 0 Å². The lowest BCUT2D eigenvalue weighted by Gasteiger charge is -2.44. The SMILES string of the molecule is O=C(c1cccc(S(=O)(=O)Nc2ccccc2F)c1)N1CCN2CCCCC2C1. The van der Waals surface area contributed by atoms with Gasteiger partial charge in [0.1, 0.15) is 5.82 Å². The van der Waals surface area contributed by atoms with Gasteiger partial charge in [-0.25, -0.2) is 12.8 Å². The second-order valence-corrected chi connectivity index (χ2v) is 9.23. The third kappa shape index (κ3) is 4.28. The number of carbonyl (C=O) groups excluding carboxylic acids is 1. The average molecular weight is 418 g/mol. The van der Waals surface area contributed by atoms with Gasteiger partial charge in [-0.15, -0.1) is 0 Å². The molecule has 4 rings (SSSR count). The molecule has 0 radical (unpaired) electrons. The standard InChI is InChI=1S/C21H24FN3O3S/c22-19-9-1-2-10-20(19)23-29(27,28)18-8-5-6-16(14-18)21(26)25-13-12-24-11-4-3-7-17(24)15-25/h1-2,5-6,8-10,14,17,23H,3-4,7,11-13,15H2. The van der Waals surface area contributed by atoms with Crippen LogP contribution in [0.4, 0.5) is 10.1 Å². The van der Waals surface area contributed by atoms with Gasteiger partial charge < -0.3 is 4.90 Å². The summed E-state index contributed by atoms with van der Waals surface area (Å²) < 4.78 is 41.4. The van der Waals surface area contributed by atoms with Crippen LogP contribution in [0.5, 0.6) is 0 Å². The monoisotopic (exact) mass is 417 g/mol. The van der Waals surface area contributed by atoms with E-state index in [0.717, 1.165) is 19.5 Å². The van der Waals surface area contributed by atoms with Crippen molar-refractivity contribution >= 4 is 21.6 Å². The van der Waals surface area contributed by atoms with Crippen LogP contribution in [-0.4, -0.2) is 56.3 Å². The van der Waals surface area contributed by atoms with Crippen molar-refractivity contribution in [3.63, 3.8) is 0 Å². The largest absolute Gasteiger partial charge is 0.336 e. The molecule has 154 valence electrons. The average Bonchev–Trinajstić information content (AvgIpc) is 2.74. The first-order valence-corrected chi connectivity index (χ1v) is 11.3. The van der Waals surface area contributed by atoms with Crippen molar-refractivity contribution < 1.29 is 17.6 Å². The lowest BCUT2D eigenvalue weighted by Crippen LogP contribution is -2.56. The second kappa shape index (κ2) is 8.12. The van der Waals surface area contributed by atoms with Crippen molar-refractivity contribution in [3.05, 3.63) is 59.9 Å². The van der Waals surface area contributed by atoms with E-state index in [2.05, 4.69) is 9.62 Å². The van der Waals surface area contributed by atoms with Crippen molar-refractivity contribution in [1.29, 1.82) is 0 Å².